The van der Waals surface area contributed by atoms with Crippen molar-refractivity contribution in [2.24, 2.45) is 0 Å². The van der Waals surface area contributed by atoms with Crippen LogP contribution in [0.5, 0.6) is 0 Å². The molecule has 1 aromatic heterocycles. The maximum Gasteiger partial charge on any atom is 0.233 e. The molecule has 0 spiro atoms. The summed E-state index contributed by atoms with van der Waals surface area (Å²) in [7, 11) is 0. The highest BCUT2D eigenvalue weighted by Gasteiger charge is 2.14. The van der Waals surface area contributed by atoms with Gasteiger partial charge in [0.1, 0.15) is 17.6 Å². The molecule has 0 saturated carbocycles. The van der Waals surface area contributed by atoms with Gasteiger partial charge in [0.05, 0.1) is 0 Å². The molecule has 0 fully saturated rings. The first-order valence-electron chi connectivity index (χ1n) is 5.67. The maximum absolute atomic E-state index is 6.06. The van der Waals surface area contributed by atoms with Gasteiger partial charge in [-0.15, -0.1) is 0 Å². The zero-order valence-corrected chi connectivity index (χ0v) is 10.3. The molecule has 0 amide bonds. The van der Waals surface area contributed by atoms with Crippen molar-refractivity contribution in [3.8, 4) is 0 Å². The Labute approximate surface area is 104 Å². The molecular weight excluding hydrogens is 232 g/mol. The number of para-hydroxylation sites is 2. The van der Waals surface area contributed by atoms with Crippen molar-refractivity contribution in [2.75, 3.05) is 0 Å². The summed E-state index contributed by atoms with van der Waals surface area (Å²) in [5, 5.41) is 0.747. The molecule has 0 atom stereocenters. The second-order valence-electron chi connectivity index (χ2n) is 3.98. The van der Waals surface area contributed by atoms with Crippen LogP contribution >= 0.6 is 11.6 Å². The largest absolute Gasteiger partial charge is 0.235 e. The minimum atomic E-state index is 0.747. The van der Waals surface area contributed by atoms with Crippen molar-refractivity contribution < 1.29 is 4.57 Å². The Morgan fingerprint density at radius 1 is 1.06 bits per heavy atom. The molecule has 2 nitrogen and oxygen atoms in total. The van der Waals surface area contributed by atoms with Gasteiger partial charge in [-0.2, -0.15) is 4.57 Å². The van der Waals surface area contributed by atoms with Gasteiger partial charge in [0.15, 0.2) is 0 Å². The van der Waals surface area contributed by atoms with Crippen LogP contribution in [-0.4, -0.2) is 4.98 Å². The van der Waals surface area contributed by atoms with Gasteiger partial charge in [-0.3, -0.25) is 0 Å². The molecule has 0 bridgehead atoms. The quantitative estimate of drug-likeness (QED) is 0.473. The van der Waals surface area contributed by atoms with Crippen LogP contribution in [0, 0.1) is 0 Å². The van der Waals surface area contributed by atoms with Gasteiger partial charge in [-0.05, 0) is 25.1 Å². The second-order valence-corrected chi connectivity index (χ2v) is 4.41. The van der Waals surface area contributed by atoms with Crippen LogP contribution in [0.4, 0.5) is 0 Å². The fourth-order valence-electron chi connectivity index (χ4n) is 2.19. The van der Waals surface area contributed by atoms with E-state index in [1.807, 2.05) is 36.4 Å². The average Bonchev–Trinajstić information content (AvgIpc) is 2.36. The first kappa shape index (κ1) is 10.5. The highest BCUT2D eigenvalue weighted by molar-refractivity contribution is 6.31. The molecule has 84 valence electrons. The molecule has 3 heteroatoms. The predicted octanol–water partition coefficient (Wildman–Crippen LogP) is 3.35. The monoisotopic (exact) mass is 243 g/mol. The van der Waals surface area contributed by atoms with Crippen molar-refractivity contribution in [1.29, 1.82) is 0 Å². The minimum Gasteiger partial charge on any atom is -0.235 e. The number of rotatable bonds is 1. The van der Waals surface area contributed by atoms with Gasteiger partial charge in [-0.1, -0.05) is 23.7 Å². The second kappa shape index (κ2) is 3.97. The predicted molar refractivity (Wildman–Crippen MR) is 70.1 cm³/mol. The number of hydrogen-bond donors (Lipinski definition) is 0. The first-order valence-corrected chi connectivity index (χ1v) is 6.05. The van der Waals surface area contributed by atoms with Gasteiger partial charge in [0, 0.05) is 17.2 Å². The van der Waals surface area contributed by atoms with Crippen LogP contribution in [0.2, 0.25) is 5.02 Å². The summed E-state index contributed by atoms with van der Waals surface area (Å²) < 4.78 is 2.24. The molecule has 0 radical (unpaired) electrons. The van der Waals surface area contributed by atoms with Crippen molar-refractivity contribution in [3.63, 3.8) is 0 Å². The molecule has 1 heterocycles. The average molecular weight is 244 g/mol. The van der Waals surface area contributed by atoms with Crippen LogP contribution < -0.4 is 4.57 Å². The van der Waals surface area contributed by atoms with Crippen LogP contribution in [0.1, 0.15) is 6.92 Å². The highest BCUT2D eigenvalue weighted by atomic mass is 35.5. The van der Waals surface area contributed by atoms with Gasteiger partial charge >= 0.3 is 0 Å². The highest BCUT2D eigenvalue weighted by Crippen LogP contribution is 2.18. The summed E-state index contributed by atoms with van der Waals surface area (Å²) in [6.45, 7) is 3.03. The third-order valence-corrected chi connectivity index (χ3v) is 3.19. The Balaban J connectivity index is 2.54. The van der Waals surface area contributed by atoms with E-state index in [0.29, 0.717) is 0 Å². The van der Waals surface area contributed by atoms with E-state index in [1.165, 1.54) is 0 Å². The zero-order valence-electron chi connectivity index (χ0n) is 9.52. The molecule has 3 aromatic rings. The van der Waals surface area contributed by atoms with Gasteiger partial charge in [0.2, 0.25) is 11.0 Å². The number of fused-ring (bicyclic) bond motifs is 2. The van der Waals surface area contributed by atoms with Crippen molar-refractivity contribution >= 4 is 33.7 Å². The fourth-order valence-corrected chi connectivity index (χ4v) is 2.36. The topological polar surface area (TPSA) is 16.8 Å². The van der Waals surface area contributed by atoms with Crippen molar-refractivity contribution in [3.05, 3.63) is 47.5 Å². The lowest BCUT2D eigenvalue weighted by molar-refractivity contribution is -0.641. The SMILES string of the molecule is CC[n+]1c2ccccc2nc2ccc(Cl)cc21. The van der Waals surface area contributed by atoms with Crippen LogP contribution in [0.3, 0.4) is 0 Å². The Bertz CT molecular complexity index is 707. The Morgan fingerprint density at radius 2 is 1.82 bits per heavy atom. The van der Waals surface area contributed by atoms with Crippen molar-refractivity contribution in [2.45, 2.75) is 13.5 Å². The zero-order chi connectivity index (χ0) is 11.8. The lowest BCUT2D eigenvalue weighted by Gasteiger charge is -2.03. The molecule has 0 aliphatic rings. The molecule has 3 rings (SSSR count). The number of aromatic nitrogens is 2. The Hall–Kier alpha value is -1.67. The van der Waals surface area contributed by atoms with E-state index in [-0.39, 0.29) is 0 Å². The number of aryl methyl sites for hydroxylation is 1. The fraction of sp³-hybridized carbons (Fsp3) is 0.143. The van der Waals surface area contributed by atoms with E-state index in [9.17, 15) is 0 Å². The Morgan fingerprint density at radius 3 is 2.65 bits per heavy atom. The standard InChI is InChI=1S/C14H12ClN2/c1-2-17-13-6-4-3-5-11(13)16-12-8-7-10(15)9-14(12)17/h3-9H,2H2,1H3/q+1. The van der Waals surface area contributed by atoms with E-state index in [4.69, 9.17) is 11.6 Å². The summed E-state index contributed by atoms with van der Waals surface area (Å²) in [6, 6.07) is 14.0. The van der Waals surface area contributed by atoms with E-state index in [2.05, 4.69) is 22.5 Å². The summed E-state index contributed by atoms with van der Waals surface area (Å²) >= 11 is 6.06. The summed E-state index contributed by atoms with van der Waals surface area (Å²) in [5.41, 5.74) is 4.22. The summed E-state index contributed by atoms with van der Waals surface area (Å²) in [5.74, 6) is 0. The molecular formula is C14H12ClN2+. The van der Waals surface area contributed by atoms with Crippen LogP contribution in [-0.2, 0) is 6.54 Å². The number of hydrogen-bond acceptors (Lipinski definition) is 1. The Kier molecular flexibility index (Phi) is 2.45. The number of benzene rings is 2. The third kappa shape index (κ3) is 1.65. The van der Waals surface area contributed by atoms with Gasteiger partial charge in [0.25, 0.3) is 0 Å². The molecule has 2 aromatic carbocycles. The van der Waals surface area contributed by atoms with E-state index in [0.717, 1.165) is 33.6 Å². The molecule has 17 heavy (non-hydrogen) atoms. The molecule has 0 unspecified atom stereocenters. The summed E-state index contributed by atoms with van der Waals surface area (Å²) in [4.78, 5) is 4.65. The normalized spacial score (nSPS) is 11.2. The third-order valence-electron chi connectivity index (χ3n) is 2.96. The molecule has 0 aliphatic heterocycles. The number of nitrogens with zero attached hydrogens (tertiary/aromatic N) is 2. The molecule has 0 N–H and O–H groups in total. The van der Waals surface area contributed by atoms with Gasteiger partial charge in [-0.25, -0.2) is 4.98 Å². The van der Waals surface area contributed by atoms with Crippen molar-refractivity contribution in [1.82, 2.24) is 4.98 Å². The van der Waals surface area contributed by atoms with Crippen LogP contribution in [0.25, 0.3) is 22.1 Å². The summed E-state index contributed by atoms with van der Waals surface area (Å²) in [6.07, 6.45) is 0. The lowest BCUT2D eigenvalue weighted by Crippen LogP contribution is -2.34. The lowest BCUT2D eigenvalue weighted by atomic mass is 10.2. The van der Waals surface area contributed by atoms with Crippen LogP contribution in [0.15, 0.2) is 42.5 Å². The molecule has 0 aliphatic carbocycles. The smallest absolute Gasteiger partial charge is 0.233 e. The van der Waals surface area contributed by atoms with Gasteiger partial charge < -0.3 is 0 Å². The maximum atomic E-state index is 6.06. The van der Waals surface area contributed by atoms with E-state index < -0.39 is 0 Å². The number of halogens is 1. The van der Waals surface area contributed by atoms with E-state index in [1.54, 1.807) is 0 Å². The minimum absolute atomic E-state index is 0.747. The first-order chi connectivity index (χ1) is 8.29. The van der Waals surface area contributed by atoms with E-state index >= 15 is 0 Å². The molecule has 0 saturated heterocycles.